The second-order valence-electron chi connectivity index (χ2n) is 11.4. The highest BCUT2D eigenvalue weighted by molar-refractivity contribution is 5.98. The van der Waals surface area contributed by atoms with Crippen LogP contribution in [0.2, 0.25) is 0 Å². The molecule has 2 N–H and O–H groups in total. The number of nitrogens with zero attached hydrogens (tertiary/aromatic N) is 4. The Hall–Kier alpha value is -3.02. The van der Waals surface area contributed by atoms with Gasteiger partial charge in [-0.15, -0.1) is 0 Å². The quantitative estimate of drug-likeness (QED) is 0.539. The molecule has 1 aliphatic heterocycles. The number of aliphatic hydroxyl groups is 1. The van der Waals surface area contributed by atoms with Gasteiger partial charge in [-0.2, -0.15) is 5.26 Å². The average molecular weight is 508 g/mol. The van der Waals surface area contributed by atoms with Crippen molar-refractivity contribution < 1.29 is 14.3 Å². The lowest BCUT2D eigenvalue weighted by molar-refractivity contribution is -0.122. The standard InChI is InChI=1S/C29H38FN5O2/c1-29(2,3)21-9-11-24(12-10-21)35(28(37)26-14-25(36)18-34(26)19-31)27(20-13-22(30)16-32-15-20)17-33-23-7-5-4-6-8-23/h9-13,15-16,23,25-27,33,36H,4-8,14,17-18H2,1-3H3. The third kappa shape index (κ3) is 6.46. The molecule has 3 atom stereocenters. The van der Waals surface area contributed by atoms with Crippen LogP contribution in [0.5, 0.6) is 0 Å². The number of anilines is 1. The Morgan fingerprint density at radius 2 is 1.95 bits per heavy atom. The van der Waals surface area contributed by atoms with Crippen LogP contribution in [-0.4, -0.2) is 52.2 Å². The van der Waals surface area contributed by atoms with Crippen molar-refractivity contribution in [3.05, 3.63) is 59.7 Å². The van der Waals surface area contributed by atoms with Gasteiger partial charge in [0.15, 0.2) is 6.19 Å². The molecule has 37 heavy (non-hydrogen) atoms. The number of pyridine rings is 1. The zero-order valence-electron chi connectivity index (χ0n) is 22.0. The first-order valence-electron chi connectivity index (χ1n) is 13.3. The first kappa shape index (κ1) is 27.0. The number of β-amino-alcohol motifs (C(OH)–C–C–N with tert-alkyl or cyclic N) is 1. The van der Waals surface area contributed by atoms with E-state index in [1.165, 1.54) is 17.4 Å². The van der Waals surface area contributed by atoms with E-state index < -0.39 is 24.0 Å². The number of benzene rings is 1. The fourth-order valence-corrected chi connectivity index (χ4v) is 5.46. The number of likely N-dealkylation sites (tertiary alicyclic amines) is 1. The number of nitrogens with one attached hydrogen (secondary N) is 1. The Morgan fingerprint density at radius 1 is 1.24 bits per heavy atom. The Morgan fingerprint density at radius 3 is 2.57 bits per heavy atom. The summed E-state index contributed by atoms with van der Waals surface area (Å²) in [5.41, 5.74) is 2.31. The lowest BCUT2D eigenvalue weighted by Crippen LogP contribution is -2.49. The molecule has 8 heteroatoms. The number of aromatic nitrogens is 1. The van der Waals surface area contributed by atoms with Gasteiger partial charge in [0.25, 0.3) is 5.91 Å². The van der Waals surface area contributed by atoms with Gasteiger partial charge in [0.1, 0.15) is 11.9 Å². The van der Waals surface area contributed by atoms with Crippen LogP contribution in [0.25, 0.3) is 0 Å². The van der Waals surface area contributed by atoms with Gasteiger partial charge in [-0.05, 0) is 47.6 Å². The van der Waals surface area contributed by atoms with E-state index in [0.29, 0.717) is 23.8 Å². The molecule has 1 saturated carbocycles. The highest BCUT2D eigenvalue weighted by Crippen LogP contribution is 2.33. The number of aliphatic hydroxyl groups excluding tert-OH is 1. The number of rotatable bonds is 7. The van der Waals surface area contributed by atoms with E-state index >= 15 is 0 Å². The molecule has 2 heterocycles. The first-order valence-corrected chi connectivity index (χ1v) is 13.3. The normalized spacial score (nSPS) is 21.5. The topological polar surface area (TPSA) is 92.5 Å². The lowest BCUT2D eigenvalue weighted by Gasteiger charge is -2.36. The van der Waals surface area contributed by atoms with Gasteiger partial charge in [-0.25, -0.2) is 4.39 Å². The summed E-state index contributed by atoms with van der Waals surface area (Å²) < 4.78 is 14.4. The van der Waals surface area contributed by atoms with E-state index in [1.54, 1.807) is 11.1 Å². The Bertz CT molecular complexity index is 1100. The third-order valence-electron chi connectivity index (χ3n) is 7.57. The summed E-state index contributed by atoms with van der Waals surface area (Å²) in [6.45, 7) is 6.93. The zero-order chi connectivity index (χ0) is 26.6. The number of carbonyl (C=O) groups excluding carboxylic acids is 1. The summed E-state index contributed by atoms with van der Waals surface area (Å²) >= 11 is 0. The van der Waals surface area contributed by atoms with Crippen molar-refractivity contribution >= 4 is 11.6 Å². The smallest absolute Gasteiger partial charge is 0.251 e. The third-order valence-corrected chi connectivity index (χ3v) is 7.57. The minimum atomic E-state index is -0.791. The molecule has 3 unspecified atom stereocenters. The summed E-state index contributed by atoms with van der Waals surface area (Å²) in [6.07, 6.45) is 9.94. The number of amides is 1. The highest BCUT2D eigenvalue weighted by Gasteiger charge is 2.41. The Kier molecular flexibility index (Phi) is 8.46. The molecule has 2 aromatic rings. The Balaban J connectivity index is 1.75. The van der Waals surface area contributed by atoms with Gasteiger partial charge >= 0.3 is 0 Å². The molecule has 7 nitrogen and oxygen atoms in total. The summed E-state index contributed by atoms with van der Waals surface area (Å²) in [5.74, 6) is -0.758. The summed E-state index contributed by atoms with van der Waals surface area (Å²) in [5, 5.41) is 23.6. The van der Waals surface area contributed by atoms with Gasteiger partial charge in [0, 0.05) is 30.9 Å². The number of hydrogen-bond donors (Lipinski definition) is 2. The number of hydrogen-bond acceptors (Lipinski definition) is 6. The van der Waals surface area contributed by atoms with Crippen molar-refractivity contribution in [2.75, 3.05) is 18.0 Å². The summed E-state index contributed by atoms with van der Waals surface area (Å²) in [4.78, 5) is 21.3. The van der Waals surface area contributed by atoms with E-state index in [-0.39, 0.29) is 24.3 Å². The fraction of sp³-hybridized carbons (Fsp3) is 0.552. The lowest BCUT2D eigenvalue weighted by atomic mass is 9.87. The van der Waals surface area contributed by atoms with Crippen LogP contribution < -0.4 is 10.2 Å². The van der Waals surface area contributed by atoms with Crippen molar-refractivity contribution in [2.45, 2.75) is 88.9 Å². The second-order valence-corrected chi connectivity index (χ2v) is 11.4. The first-order chi connectivity index (χ1) is 17.7. The fourth-order valence-electron chi connectivity index (χ4n) is 5.46. The molecular weight excluding hydrogens is 469 g/mol. The molecule has 2 aliphatic rings. The van der Waals surface area contributed by atoms with Crippen molar-refractivity contribution in [3.8, 4) is 6.19 Å². The molecule has 1 aliphatic carbocycles. The van der Waals surface area contributed by atoms with Gasteiger partial charge in [-0.3, -0.25) is 14.7 Å². The maximum absolute atomic E-state index is 14.4. The molecule has 0 spiro atoms. The molecule has 4 rings (SSSR count). The number of halogens is 1. The SMILES string of the molecule is CC(C)(C)c1ccc(N(C(=O)C2CC(O)CN2C#N)C(CNC2CCCCC2)c2cncc(F)c2)cc1. The molecule has 0 radical (unpaired) electrons. The van der Waals surface area contributed by atoms with Gasteiger partial charge in [0.2, 0.25) is 0 Å². The van der Waals surface area contributed by atoms with Gasteiger partial charge in [-0.1, -0.05) is 52.2 Å². The molecule has 2 fully saturated rings. The van der Waals surface area contributed by atoms with Gasteiger partial charge in [0.05, 0.1) is 24.9 Å². The molecule has 1 aromatic heterocycles. The van der Waals surface area contributed by atoms with Crippen molar-refractivity contribution in [2.24, 2.45) is 0 Å². The van der Waals surface area contributed by atoms with Crippen molar-refractivity contribution in [1.82, 2.24) is 15.2 Å². The number of carbonyl (C=O) groups is 1. The second kappa shape index (κ2) is 11.6. The van der Waals surface area contributed by atoms with E-state index in [2.05, 4.69) is 37.3 Å². The maximum atomic E-state index is 14.4. The van der Waals surface area contributed by atoms with Crippen LogP contribution >= 0.6 is 0 Å². The molecular formula is C29H38FN5O2. The molecule has 1 amide bonds. The van der Waals surface area contributed by atoms with Crippen LogP contribution in [0.1, 0.15) is 76.5 Å². The minimum absolute atomic E-state index is 0.0606. The zero-order valence-corrected chi connectivity index (χ0v) is 22.0. The molecule has 1 aromatic carbocycles. The van der Waals surface area contributed by atoms with Gasteiger partial charge < -0.3 is 15.3 Å². The van der Waals surface area contributed by atoms with Crippen LogP contribution in [0.4, 0.5) is 10.1 Å². The average Bonchev–Trinajstić information content (AvgIpc) is 3.27. The van der Waals surface area contributed by atoms with Crippen molar-refractivity contribution in [3.63, 3.8) is 0 Å². The molecule has 198 valence electrons. The molecule has 1 saturated heterocycles. The van der Waals surface area contributed by atoms with E-state index in [1.807, 2.05) is 24.3 Å². The predicted octanol–water partition coefficient (Wildman–Crippen LogP) is 4.43. The van der Waals surface area contributed by atoms with Crippen molar-refractivity contribution in [1.29, 1.82) is 5.26 Å². The monoisotopic (exact) mass is 507 g/mol. The number of nitriles is 1. The largest absolute Gasteiger partial charge is 0.391 e. The maximum Gasteiger partial charge on any atom is 0.251 e. The van der Waals surface area contributed by atoms with E-state index in [0.717, 1.165) is 37.4 Å². The van der Waals surface area contributed by atoms with Crippen LogP contribution in [-0.2, 0) is 10.2 Å². The summed E-state index contributed by atoms with van der Waals surface area (Å²) in [7, 11) is 0. The predicted molar refractivity (Wildman–Crippen MR) is 141 cm³/mol. The molecule has 0 bridgehead atoms. The minimum Gasteiger partial charge on any atom is -0.391 e. The highest BCUT2D eigenvalue weighted by atomic mass is 19.1. The van der Waals surface area contributed by atoms with Crippen LogP contribution in [0, 0.1) is 17.3 Å². The summed E-state index contributed by atoms with van der Waals surface area (Å²) in [6, 6.07) is 8.28. The van der Waals surface area contributed by atoms with E-state index in [4.69, 9.17) is 0 Å². The van der Waals surface area contributed by atoms with E-state index in [9.17, 15) is 19.6 Å². The van der Waals surface area contributed by atoms with Crippen LogP contribution in [0.3, 0.4) is 0 Å². The van der Waals surface area contributed by atoms with Crippen LogP contribution in [0.15, 0.2) is 42.7 Å². The Labute approximate surface area is 219 Å².